The van der Waals surface area contributed by atoms with Gasteiger partial charge in [0.05, 0.1) is 6.10 Å². The molecule has 0 spiro atoms. The first kappa shape index (κ1) is 13.3. The van der Waals surface area contributed by atoms with E-state index in [2.05, 4.69) is 0 Å². The topological polar surface area (TPSA) is 35.2 Å². The van der Waals surface area contributed by atoms with Crippen molar-refractivity contribution in [2.75, 3.05) is 6.54 Å². The summed E-state index contributed by atoms with van der Waals surface area (Å²) >= 11 is 0. The third-order valence-electron chi connectivity index (χ3n) is 3.41. The summed E-state index contributed by atoms with van der Waals surface area (Å²) in [5.74, 6) is -1.92. The van der Waals surface area contributed by atoms with Crippen LogP contribution in [0.5, 0.6) is 5.75 Å². The van der Waals surface area contributed by atoms with Gasteiger partial charge in [-0.2, -0.15) is 0 Å². The monoisotopic (exact) mass is 255 g/mol. The van der Waals surface area contributed by atoms with Gasteiger partial charge >= 0.3 is 0 Å². The molecule has 4 heteroatoms. The van der Waals surface area contributed by atoms with Gasteiger partial charge in [0.1, 0.15) is 5.75 Å². The van der Waals surface area contributed by atoms with Crippen LogP contribution in [0.1, 0.15) is 32.3 Å². The van der Waals surface area contributed by atoms with Gasteiger partial charge in [-0.25, -0.2) is 8.78 Å². The molecular weight excluding hydrogens is 236 g/mol. The Morgan fingerprint density at radius 3 is 2.39 bits per heavy atom. The molecule has 0 saturated heterocycles. The summed E-state index contributed by atoms with van der Waals surface area (Å²) < 4.78 is 32.1. The molecule has 0 unspecified atom stereocenters. The molecule has 1 aliphatic rings. The first-order valence-corrected chi connectivity index (χ1v) is 6.23. The quantitative estimate of drug-likeness (QED) is 0.897. The van der Waals surface area contributed by atoms with Gasteiger partial charge in [0.25, 0.3) is 0 Å². The second-order valence-electron chi connectivity index (χ2n) is 5.36. The maximum atomic E-state index is 13.2. The molecule has 2 rings (SSSR count). The van der Waals surface area contributed by atoms with Gasteiger partial charge in [-0.05, 0) is 19.9 Å². The molecule has 0 heterocycles. The van der Waals surface area contributed by atoms with Crippen molar-refractivity contribution in [3.63, 3.8) is 0 Å². The fourth-order valence-electron chi connectivity index (χ4n) is 2.64. The summed E-state index contributed by atoms with van der Waals surface area (Å²) in [5, 5.41) is 0. The molecule has 1 aromatic rings. The Morgan fingerprint density at radius 2 is 1.89 bits per heavy atom. The molecule has 0 aliphatic heterocycles. The maximum absolute atomic E-state index is 13.2. The van der Waals surface area contributed by atoms with Crippen LogP contribution in [0.25, 0.3) is 0 Å². The van der Waals surface area contributed by atoms with E-state index in [0.29, 0.717) is 5.75 Å². The number of alkyl halides is 2. The van der Waals surface area contributed by atoms with Gasteiger partial charge in [-0.15, -0.1) is 0 Å². The van der Waals surface area contributed by atoms with Crippen molar-refractivity contribution in [3.8, 4) is 5.75 Å². The van der Waals surface area contributed by atoms with Crippen LogP contribution in [0.4, 0.5) is 8.78 Å². The Hall–Kier alpha value is -1.16. The second-order valence-corrected chi connectivity index (χ2v) is 5.36. The van der Waals surface area contributed by atoms with Crippen LogP contribution < -0.4 is 10.5 Å². The summed E-state index contributed by atoms with van der Waals surface area (Å²) in [6.07, 6.45) is -0.356. The van der Waals surface area contributed by atoms with E-state index in [1.807, 2.05) is 38.1 Å². The van der Waals surface area contributed by atoms with Gasteiger partial charge in [0.2, 0.25) is 5.92 Å². The predicted octanol–water partition coefficient (Wildman–Crippen LogP) is 3.10. The van der Waals surface area contributed by atoms with Crippen LogP contribution in [0, 0.1) is 0 Å². The molecule has 1 aromatic carbocycles. The summed E-state index contributed by atoms with van der Waals surface area (Å²) in [4.78, 5) is 0. The Bertz CT molecular complexity index is 424. The SMILES string of the molecule is CC(C)Oc1ccccc1C1(CN)CC(F)(F)C1. The van der Waals surface area contributed by atoms with E-state index in [4.69, 9.17) is 10.5 Å². The second kappa shape index (κ2) is 4.50. The molecule has 0 aromatic heterocycles. The van der Waals surface area contributed by atoms with Crippen molar-refractivity contribution < 1.29 is 13.5 Å². The van der Waals surface area contributed by atoms with Crippen LogP contribution in [0.3, 0.4) is 0 Å². The van der Waals surface area contributed by atoms with E-state index in [0.717, 1.165) is 5.56 Å². The molecule has 1 fully saturated rings. The number of ether oxygens (including phenoxy) is 1. The molecule has 1 aliphatic carbocycles. The van der Waals surface area contributed by atoms with Gasteiger partial charge in [-0.1, -0.05) is 18.2 Å². The molecule has 2 nitrogen and oxygen atoms in total. The van der Waals surface area contributed by atoms with Crippen molar-refractivity contribution in [2.24, 2.45) is 5.73 Å². The Morgan fingerprint density at radius 1 is 1.28 bits per heavy atom. The van der Waals surface area contributed by atoms with Crippen LogP contribution in [-0.2, 0) is 5.41 Å². The third-order valence-corrected chi connectivity index (χ3v) is 3.41. The minimum Gasteiger partial charge on any atom is -0.491 e. The van der Waals surface area contributed by atoms with Gasteiger partial charge in [0, 0.05) is 30.4 Å². The summed E-state index contributed by atoms with van der Waals surface area (Å²) in [5.41, 5.74) is 5.91. The van der Waals surface area contributed by atoms with Crippen LogP contribution in [0.2, 0.25) is 0 Å². The largest absolute Gasteiger partial charge is 0.491 e. The highest BCUT2D eigenvalue weighted by Gasteiger charge is 2.57. The van der Waals surface area contributed by atoms with Crippen molar-refractivity contribution in [2.45, 2.75) is 44.1 Å². The van der Waals surface area contributed by atoms with E-state index >= 15 is 0 Å². The van der Waals surface area contributed by atoms with Crippen molar-refractivity contribution in [1.82, 2.24) is 0 Å². The molecule has 18 heavy (non-hydrogen) atoms. The molecule has 1 saturated carbocycles. The van der Waals surface area contributed by atoms with Crippen molar-refractivity contribution in [1.29, 1.82) is 0 Å². The van der Waals surface area contributed by atoms with Gasteiger partial charge in [0.15, 0.2) is 0 Å². The molecule has 0 bridgehead atoms. The zero-order valence-electron chi connectivity index (χ0n) is 10.7. The van der Waals surface area contributed by atoms with Gasteiger partial charge < -0.3 is 10.5 Å². The fraction of sp³-hybridized carbons (Fsp3) is 0.571. The minimum atomic E-state index is -2.59. The molecule has 0 amide bonds. The summed E-state index contributed by atoms with van der Waals surface area (Å²) in [7, 11) is 0. The molecular formula is C14H19F2NO. The number of benzene rings is 1. The normalized spacial score (nSPS) is 20.6. The number of para-hydroxylation sites is 1. The lowest BCUT2D eigenvalue weighted by Gasteiger charge is -2.47. The highest BCUT2D eigenvalue weighted by molar-refractivity contribution is 5.43. The van der Waals surface area contributed by atoms with Crippen molar-refractivity contribution in [3.05, 3.63) is 29.8 Å². The van der Waals surface area contributed by atoms with Crippen LogP contribution in [-0.4, -0.2) is 18.6 Å². The molecule has 0 atom stereocenters. The van der Waals surface area contributed by atoms with E-state index in [-0.39, 0.29) is 25.5 Å². The Balaban J connectivity index is 2.32. The zero-order valence-corrected chi connectivity index (χ0v) is 10.7. The lowest BCUT2D eigenvalue weighted by atomic mass is 9.62. The average Bonchev–Trinajstić information content (AvgIpc) is 2.25. The highest BCUT2D eigenvalue weighted by atomic mass is 19.3. The molecule has 2 N–H and O–H groups in total. The summed E-state index contributed by atoms with van der Waals surface area (Å²) in [6, 6.07) is 7.36. The number of rotatable bonds is 4. The maximum Gasteiger partial charge on any atom is 0.250 e. The molecule has 0 radical (unpaired) electrons. The highest BCUT2D eigenvalue weighted by Crippen LogP contribution is 2.54. The van der Waals surface area contributed by atoms with E-state index in [1.165, 1.54) is 0 Å². The first-order chi connectivity index (χ1) is 8.38. The minimum absolute atomic E-state index is 0.0153. The Labute approximate surface area is 106 Å². The van der Waals surface area contributed by atoms with Crippen LogP contribution >= 0.6 is 0 Å². The van der Waals surface area contributed by atoms with Crippen molar-refractivity contribution >= 4 is 0 Å². The zero-order chi connectivity index (χ0) is 13.4. The van der Waals surface area contributed by atoms with Crippen LogP contribution in [0.15, 0.2) is 24.3 Å². The van der Waals surface area contributed by atoms with Gasteiger partial charge in [-0.3, -0.25) is 0 Å². The number of hydrogen-bond donors (Lipinski definition) is 1. The van der Waals surface area contributed by atoms with E-state index in [1.54, 1.807) is 0 Å². The Kier molecular flexibility index (Phi) is 3.32. The first-order valence-electron chi connectivity index (χ1n) is 6.23. The lowest BCUT2D eigenvalue weighted by Crippen LogP contribution is -2.53. The lowest BCUT2D eigenvalue weighted by molar-refractivity contribution is -0.124. The van der Waals surface area contributed by atoms with E-state index in [9.17, 15) is 8.78 Å². The number of hydrogen-bond acceptors (Lipinski definition) is 2. The average molecular weight is 255 g/mol. The fourth-order valence-corrected chi connectivity index (χ4v) is 2.64. The summed E-state index contributed by atoms with van der Waals surface area (Å²) in [6.45, 7) is 4.06. The third kappa shape index (κ3) is 2.34. The smallest absolute Gasteiger partial charge is 0.250 e. The number of halogens is 2. The molecule has 100 valence electrons. The standard InChI is InChI=1S/C14H19F2NO/c1-10(2)18-12-6-4-3-5-11(12)13(9-17)7-14(15,16)8-13/h3-6,10H,7-9,17H2,1-2H3. The van der Waals surface area contributed by atoms with E-state index < -0.39 is 11.3 Å². The predicted molar refractivity (Wildman–Crippen MR) is 67.1 cm³/mol. The number of nitrogens with two attached hydrogens (primary N) is 1.